The predicted octanol–water partition coefficient (Wildman–Crippen LogP) is 1.34. The third-order valence-electron chi connectivity index (χ3n) is 2.86. The number of carbonyl (C=O) groups is 1. The van der Waals surface area contributed by atoms with Gasteiger partial charge < -0.3 is 4.74 Å². The number of hydrogen-bond acceptors (Lipinski definition) is 2. The van der Waals surface area contributed by atoms with Crippen LogP contribution in [0.2, 0.25) is 0 Å². The lowest BCUT2D eigenvalue weighted by molar-refractivity contribution is -0.620. The van der Waals surface area contributed by atoms with E-state index in [2.05, 4.69) is 5.43 Å². The second-order valence-corrected chi connectivity index (χ2v) is 4.80. The van der Waals surface area contributed by atoms with Gasteiger partial charge in [0, 0.05) is 19.4 Å². The summed E-state index contributed by atoms with van der Waals surface area (Å²) in [6.07, 6.45) is 2.43. The Morgan fingerprint density at radius 1 is 1.47 bits per heavy atom. The van der Waals surface area contributed by atoms with Crippen LogP contribution in [0.1, 0.15) is 25.8 Å². The molecule has 1 fully saturated rings. The van der Waals surface area contributed by atoms with Gasteiger partial charge in [0.15, 0.2) is 5.54 Å². The van der Waals surface area contributed by atoms with Crippen molar-refractivity contribution in [2.24, 2.45) is 0 Å². The fourth-order valence-electron chi connectivity index (χ4n) is 1.88. The van der Waals surface area contributed by atoms with E-state index in [1.165, 1.54) is 0 Å². The molecule has 1 aliphatic rings. The smallest absolute Gasteiger partial charge is 0.281 e. The van der Waals surface area contributed by atoms with Crippen LogP contribution >= 0.6 is 0 Å². The molecule has 0 unspecified atom stereocenters. The highest BCUT2D eigenvalue weighted by Crippen LogP contribution is 2.19. The molecule has 1 aromatic rings. The van der Waals surface area contributed by atoms with Gasteiger partial charge in [-0.1, -0.05) is 6.07 Å². The standard InChI is InChI=1S/C13H16N2O2/c1-13(2)8-12(16)14-15(13)9-10-5-4-6-11(7-10)17-3/h4-7,9H,8H2,1-3H3/p+1/b15-9-. The molecule has 1 amide bonds. The van der Waals surface area contributed by atoms with Gasteiger partial charge in [0.1, 0.15) is 5.75 Å². The van der Waals surface area contributed by atoms with Crippen LogP contribution in [0.4, 0.5) is 0 Å². The minimum atomic E-state index is -0.194. The number of nitrogens with zero attached hydrogens (tertiary/aromatic N) is 1. The van der Waals surface area contributed by atoms with Gasteiger partial charge in [-0.3, -0.25) is 4.79 Å². The van der Waals surface area contributed by atoms with Gasteiger partial charge in [0.2, 0.25) is 6.21 Å². The molecule has 0 atom stereocenters. The predicted molar refractivity (Wildman–Crippen MR) is 65.3 cm³/mol. The van der Waals surface area contributed by atoms with Gasteiger partial charge in [0.25, 0.3) is 5.91 Å². The number of amides is 1. The number of benzene rings is 1. The summed E-state index contributed by atoms with van der Waals surface area (Å²) in [6, 6.07) is 7.73. The number of methoxy groups -OCH3 is 1. The molecule has 2 rings (SSSR count). The van der Waals surface area contributed by atoms with Crippen molar-refractivity contribution in [3.8, 4) is 5.75 Å². The molecule has 1 N–H and O–H groups in total. The van der Waals surface area contributed by atoms with E-state index in [0.717, 1.165) is 11.3 Å². The summed E-state index contributed by atoms with van der Waals surface area (Å²) in [5, 5.41) is 0. The number of rotatable bonds is 2. The fraction of sp³-hybridized carbons (Fsp3) is 0.385. The maximum absolute atomic E-state index is 11.4. The van der Waals surface area contributed by atoms with Crippen LogP contribution in [-0.4, -0.2) is 29.5 Å². The molecule has 4 nitrogen and oxygen atoms in total. The van der Waals surface area contributed by atoms with Crippen molar-refractivity contribution in [2.45, 2.75) is 25.8 Å². The van der Waals surface area contributed by atoms with Crippen molar-refractivity contribution in [1.82, 2.24) is 5.43 Å². The third kappa shape index (κ3) is 2.46. The number of hydrazine groups is 1. The molecule has 1 saturated heterocycles. The lowest BCUT2D eigenvalue weighted by Gasteiger charge is -2.10. The summed E-state index contributed by atoms with van der Waals surface area (Å²) in [6.45, 7) is 4.06. The first-order chi connectivity index (χ1) is 8.01. The topological polar surface area (TPSA) is 41.3 Å². The molecule has 4 heteroatoms. The van der Waals surface area contributed by atoms with Gasteiger partial charge in [-0.2, -0.15) is 0 Å². The Morgan fingerprint density at radius 3 is 2.82 bits per heavy atom. The van der Waals surface area contributed by atoms with E-state index in [4.69, 9.17) is 4.74 Å². The average Bonchev–Trinajstić information content (AvgIpc) is 2.52. The Kier molecular flexibility index (Phi) is 2.88. The van der Waals surface area contributed by atoms with Crippen LogP contribution in [-0.2, 0) is 4.79 Å². The zero-order valence-electron chi connectivity index (χ0n) is 10.4. The first-order valence-electron chi connectivity index (χ1n) is 5.59. The molecular formula is C13H17N2O2+. The van der Waals surface area contributed by atoms with E-state index in [1.54, 1.807) is 7.11 Å². The Hall–Kier alpha value is -1.84. The number of hydrogen-bond donors (Lipinski definition) is 1. The zero-order chi connectivity index (χ0) is 12.5. The van der Waals surface area contributed by atoms with Gasteiger partial charge in [0.05, 0.1) is 13.5 Å². The number of carbonyl (C=O) groups excluding carboxylic acids is 1. The second-order valence-electron chi connectivity index (χ2n) is 4.80. The van der Waals surface area contributed by atoms with Crippen LogP contribution in [0, 0.1) is 0 Å². The molecule has 17 heavy (non-hydrogen) atoms. The molecule has 0 radical (unpaired) electrons. The quantitative estimate of drug-likeness (QED) is 0.783. The van der Waals surface area contributed by atoms with E-state index in [1.807, 2.05) is 49.0 Å². The average molecular weight is 233 g/mol. The van der Waals surface area contributed by atoms with Gasteiger partial charge >= 0.3 is 0 Å². The van der Waals surface area contributed by atoms with E-state index in [-0.39, 0.29) is 11.4 Å². The van der Waals surface area contributed by atoms with E-state index >= 15 is 0 Å². The minimum absolute atomic E-state index is 0.0501. The van der Waals surface area contributed by atoms with Crippen LogP contribution in [0.5, 0.6) is 5.75 Å². The molecule has 0 spiro atoms. The maximum Gasteiger partial charge on any atom is 0.281 e. The Labute approximate surface area is 101 Å². The summed E-state index contributed by atoms with van der Waals surface area (Å²) < 4.78 is 7.02. The Bertz CT molecular complexity index is 478. The first kappa shape index (κ1) is 11.6. The zero-order valence-corrected chi connectivity index (χ0v) is 10.4. The lowest BCUT2D eigenvalue weighted by Crippen LogP contribution is -2.36. The molecule has 1 aromatic carbocycles. The van der Waals surface area contributed by atoms with Crippen molar-refractivity contribution in [2.75, 3.05) is 7.11 Å². The number of ether oxygens (including phenoxy) is 1. The van der Waals surface area contributed by atoms with Crippen molar-refractivity contribution < 1.29 is 14.2 Å². The van der Waals surface area contributed by atoms with E-state index < -0.39 is 0 Å². The highest BCUT2D eigenvalue weighted by Gasteiger charge is 2.42. The largest absolute Gasteiger partial charge is 0.497 e. The molecular weight excluding hydrogens is 216 g/mol. The summed E-state index contributed by atoms with van der Waals surface area (Å²) in [5.74, 6) is 0.858. The third-order valence-corrected chi connectivity index (χ3v) is 2.86. The van der Waals surface area contributed by atoms with Gasteiger partial charge in [-0.15, -0.1) is 10.1 Å². The maximum atomic E-state index is 11.4. The van der Waals surface area contributed by atoms with Gasteiger partial charge in [-0.25, -0.2) is 0 Å². The summed E-state index contributed by atoms with van der Waals surface area (Å²) in [4.78, 5) is 11.4. The van der Waals surface area contributed by atoms with Crippen molar-refractivity contribution in [3.05, 3.63) is 29.8 Å². The summed E-state index contributed by atoms with van der Waals surface area (Å²) in [7, 11) is 1.64. The van der Waals surface area contributed by atoms with Crippen LogP contribution < -0.4 is 10.2 Å². The van der Waals surface area contributed by atoms with E-state index in [0.29, 0.717) is 6.42 Å². The number of nitrogens with one attached hydrogen (secondary N) is 1. The van der Waals surface area contributed by atoms with Crippen LogP contribution in [0.3, 0.4) is 0 Å². The number of hydrazone groups is 1. The molecule has 0 saturated carbocycles. The van der Waals surface area contributed by atoms with Crippen molar-refractivity contribution >= 4 is 12.1 Å². The van der Waals surface area contributed by atoms with E-state index in [9.17, 15) is 4.79 Å². The molecule has 0 aromatic heterocycles. The minimum Gasteiger partial charge on any atom is -0.497 e. The SMILES string of the molecule is COc1cccc(/C=[N+]2\NC(=O)CC2(C)C)c1. The highest BCUT2D eigenvalue weighted by atomic mass is 16.5. The molecule has 1 heterocycles. The molecule has 0 aliphatic carbocycles. The van der Waals surface area contributed by atoms with Crippen LogP contribution in [0.25, 0.3) is 0 Å². The first-order valence-corrected chi connectivity index (χ1v) is 5.59. The van der Waals surface area contributed by atoms with Crippen LogP contribution in [0.15, 0.2) is 24.3 Å². The Morgan fingerprint density at radius 2 is 2.24 bits per heavy atom. The summed E-state index contributed by atoms with van der Waals surface area (Å²) >= 11 is 0. The van der Waals surface area contributed by atoms with Gasteiger partial charge in [-0.05, 0) is 18.2 Å². The van der Waals surface area contributed by atoms with Crippen molar-refractivity contribution in [1.29, 1.82) is 0 Å². The molecule has 0 bridgehead atoms. The van der Waals surface area contributed by atoms with Crippen molar-refractivity contribution in [3.63, 3.8) is 0 Å². The monoisotopic (exact) mass is 233 g/mol. The normalized spacial score (nSPS) is 20.4. The lowest BCUT2D eigenvalue weighted by atomic mass is 10.0. The molecule has 1 aliphatic heterocycles. The second kappa shape index (κ2) is 4.20. The highest BCUT2D eigenvalue weighted by molar-refractivity contribution is 5.81. The Balaban J connectivity index is 2.32. The summed E-state index contributed by atoms with van der Waals surface area (Å²) in [5.41, 5.74) is 3.63. The molecule has 90 valence electrons. The fourth-order valence-corrected chi connectivity index (χ4v) is 1.88.